The van der Waals surface area contributed by atoms with E-state index in [9.17, 15) is 8.42 Å². The third-order valence-electron chi connectivity index (χ3n) is 2.02. The van der Waals surface area contributed by atoms with Gasteiger partial charge in [-0.15, -0.1) is 0 Å². The van der Waals surface area contributed by atoms with Crippen LogP contribution in [0.1, 0.15) is 25.1 Å². The number of nitriles is 1. The van der Waals surface area contributed by atoms with Crippen molar-refractivity contribution in [1.29, 1.82) is 5.26 Å². The van der Waals surface area contributed by atoms with Crippen molar-refractivity contribution in [3.8, 4) is 6.07 Å². The lowest BCUT2D eigenvalue weighted by Crippen LogP contribution is -2.16. The molecule has 80 valence electrons. The zero-order valence-corrected chi connectivity index (χ0v) is 9.45. The number of sulfone groups is 1. The van der Waals surface area contributed by atoms with E-state index in [4.69, 9.17) is 5.26 Å². The Bertz CT molecular complexity index is 486. The molecule has 1 rings (SSSR count). The second kappa shape index (κ2) is 4.41. The Morgan fingerprint density at radius 2 is 2.20 bits per heavy atom. The standard InChI is InChI=1S/C10H12N2O2S/c1-8(2)15(13,14)7-9-3-4-12-10(5-9)6-11/h3-5,8H,7H2,1-2H3. The third kappa shape index (κ3) is 3.03. The highest BCUT2D eigenvalue weighted by Crippen LogP contribution is 2.11. The van der Waals surface area contributed by atoms with Crippen LogP contribution in [0.15, 0.2) is 18.3 Å². The van der Waals surface area contributed by atoms with Gasteiger partial charge in [-0.1, -0.05) is 0 Å². The van der Waals surface area contributed by atoms with Gasteiger partial charge in [-0.2, -0.15) is 5.26 Å². The fraction of sp³-hybridized carbons (Fsp3) is 0.400. The van der Waals surface area contributed by atoms with E-state index in [-0.39, 0.29) is 11.4 Å². The van der Waals surface area contributed by atoms with Gasteiger partial charge in [0.05, 0.1) is 11.0 Å². The van der Waals surface area contributed by atoms with Crippen LogP contribution < -0.4 is 0 Å². The predicted molar refractivity (Wildman–Crippen MR) is 56.7 cm³/mol. The average Bonchev–Trinajstić information content (AvgIpc) is 2.17. The Balaban J connectivity index is 2.96. The van der Waals surface area contributed by atoms with Crippen molar-refractivity contribution in [3.05, 3.63) is 29.6 Å². The molecule has 0 saturated carbocycles. The van der Waals surface area contributed by atoms with Gasteiger partial charge in [0.15, 0.2) is 9.84 Å². The van der Waals surface area contributed by atoms with E-state index >= 15 is 0 Å². The van der Waals surface area contributed by atoms with E-state index in [1.54, 1.807) is 19.9 Å². The van der Waals surface area contributed by atoms with Crippen molar-refractivity contribution in [2.45, 2.75) is 24.9 Å². The summed E-state index contributed by atoms with van der Waals surface area (Å²) in [6.07, 6.45) is 1.45. The molecule has 0 aliphatic heterocycles. The lowest BCUT2D eigenvalue weighted by Gasteiger charge is -2.07. The number of pyridine rings is 1. The van der Waals surface area contributed by atoms with Crippen molar-refractivity contribution in [1.82, 2.24) is 4.98 Å². The molecule has 0 aliphatic rings. The van der Waals surface area contributed by atoms with Crippen LogP contribution in [-0.2, 0) is 15.6 Å². The van der Waals surface area contributed by atoms with Gasteiger partial charge >= 0.3 is 0 Å². The molecule has 1 aromatic rings. The molecule has 0 radical (unpaired) electrons. The van der Waals surface area contributed by atoms with Crippen molar-refractivity contribution in [3.63, 3.8) is 0 Å². The zero-order chi connectivity index (χ0) is 11.5. The Morgan fingerprint density at radius 3 is 2.73 bits per heavy atom. The highest BCUT2D eigenvalue weighted by Gasteiger charge is 2.16. The molecule has 15 heavy (non-hydrogen) atoms. The molecule has 0 bridgehead atoms. The second-order valence-corrected chi connectivity index (χ2v) is 6.07. The first kappa shape index (κ1) is 11.7. The van der Waals surface area contributed by atoms with E-state index in [0.717, 1.165) is 0 Å². The molecule has 4 nitrogen and oxygen atoms in total. The topological polar surface area (TPSA) is 70.8 Å². The molecule has 0 spiro atoms. The highest BCUT2D eigenvalue weighted by molar-refractivity contribution is 7.91. The van der Waals surface area contributed by atoms with Crippen LogP contribution in [0.3, 0.4) is 0 Å². The third-order valence-corrected chi connectivity index (χ3v) is 4.20. The molecule has 5 heteroatoms. The van der Waals surface area contributed by atoms with E-state index in [1.165, 1.54) is 12.3 Å². The maximum atomic E-state index is 11.6. The summed E-state index contributed by atoms with van der Waals surface area (Å²) < 4.78 is 23.2. The smallest absolute Gasteiger partial charge is 0.156 e. The Kier molecular flexibility index (Phi) is 3.43. The molecule has 0 saturated heterocycles. The Morgan fingerprint density at radius 1 is 1.53 bits per heavy atom. The van der Waals surface area contributed by atoms with Crippen molar-refractivity contribution in [2.24, 2.45) is 0 Å². The first-order valence-electron chi connectivity index (χ1n) is 4.52. The quantitative estimate of drug-likeness (QED) is 0.775. The molecule has 0 amide bonds. The van der Waals surface area contributed by atoms with Crippen molar-refractivity contribution < 1.29 is 8.42 Å². The molecule has 0 N–H and O–H groups in total. The summed E-state index contributed by atoms with van der Waals surface area (Å²) in [6, 6.07) is 4.99. The number of hydrogen-bond acceptors (Lipinski definition) is 4. The summed E-state index contributed by atoms with van der Waals surface area (Å²) in [5.74, 6) is -0.0398. The second-order valence-electron chi connectivity index (χ2n) is 3.52. The van der Waals surface area contributed by atoms with Gasteiger partial charge in [-0.3, -0.25) is 0 Å². The Hall–Kier alpha value is -1.41. The summed E-state index contributed by atoms with van der Waals surface area (Å²) in [6.45, 7) is 3.28. The summed E-state index contributed by atoms with van der Waals surface area (Å²) in [4.78, 5) is 3.78. The van der Waals surface area contributed by atoms with E-state index in [0.29, 0.717) is 5.56 Å². The van der Waals surface area contributed by atoms with Gasteiger partial charge in [-0.05, 0) is 31.5 Å². The van der Waals surface area contributed by atoms with Gasteiger partial charge in [0, 0.05) is 6.20 Å². The molecule has 1 aromatic heterocycles. The van der Waals surface area contributed by atoms with Crippen LogP contribution >= 0.6 is 0 Å². The predicted octanol–water partition coefficient (Wildman–Crippen LogP) is 1.28. The summed E-state index contributed by atoms with van der Waals surface area (Å²) in [5.41, 5.74) is 0.849. The van der Waals surface area contributed by atoms with Crippen LogP contribution in [0.5, 0.6) is 0 Å². The van der Waals surface area contributed by atoms with Crippen molar-refractivity contribution >= 4 is 9.84 Å². The minimum absolute atomic E-state index is 0.0398. The maximum absolute atomic E-state index is 11.6. The van der Waals surface area contributed by atoms with Crippen LogP contribution in [0, 0.1) is 11.3 Å². The molecule has 0 aromatic carbocycles. The maximum Gasteiger partial charge on any atom is 0.156 e. The van der Waals surface area contributed by atoms with Gasteiger partial charge < -0.3 is 0 Å². The van der Waals surface area contributed by atoms with Gasteiger partial charge in [0.1, 0.15) is 11.8 Å². The monoisotopic (exact) mass is 224 g/mol. The average molecular weight is 224 g/mol. The van der Waals surface area contributed by atoms with Crippen LogP contribution in [0.4, 0.5) is 0 Å². The van der Waals surface area contributed by atoms with E-state index in [1.807, 2.05) is 6.07 Å². The number of nitrogens with zero attached hydrogens (tertiary/aromatic N) is 2. The molecule has 0 aliphatic carbocycles. The Labute approximate surface area is 89.5 Å². The van der Waals surface area contributed by atoms with Crippen molar-refractivity contribution in [2.75, 3.05) is 0 Å². The minimum Gasteiger partial charge on any atom is -0.246 e. The fourth-order valence-electron chi connectivity index (χ4n) is 1.02. The molecular weight excluding hydrogens is 212 g/mol. The fourth-order valence-corrected chi connectivity index (χ4v) is 2.00. The zero-order valence-electron chi connectivity index (χ0n) is 8.64. The summed E-state index contributed by atoms with van der Waals surface area (Å²) in [7, 11) is -3.11. The number of aromatic nitrogens is 1. The summed E-state index contributed by atoms with van der Waals surface area (Å²) in [5, 5.41) is 8.20. The SMILES string of the molecule is CC(C)S(=O)(=O)Cc1ccnc(C#N)c1. The first-order valence-corrected chi connectivity index (χ1v) is 6.24. The van der Waals surface area contributed by atoms with Crippen LogP contribution in [0.25, 0.3) is 0 Å². The van der Waals surface area contributed by atoms with E-state index in [2.05, 4.69) is 4.98 Å². The van der Waals surface area contributed by atoms with Gasteiger partial charge in [-0.25, -0.2) is 13.4 Å². The van der Waals surface area contributed by atoms with Crippen LogP contribution in [0.2, 0.25) is 0 Å². The largest absolute Gasteiger partial charge is 0.246 e. The molecule has 1 heterocycles. The molecule has 0 fully saturated rings. The first-order chi connectivity index (χ1) is 6.95. The normalized spacial score (nSPS) is 11.3. The number of rotatable bonds is 3. The highest BCUT2D eigenvalue weighted by atomic mass is 32.2. The summed E-state index contributed by atoms with van der Waals surface area (Å²) >= 11 is 0. The lowest BCUT2D eigenvalue weighted by molar-refractivity contribution is 0.586. The number of hydrogen-bond donors (Lipinski definition) is 0. The lowest BCUT2D eigenvalue weighted by atomic mass is 10.2. The molecule has 0 unspecified atom stereocenters. The van der Waals surface area contributed by atoms with Crippen LogP contribution in [-0.4, -0.2) is 18.7 Å². The van der Waals surface area contributed by atoms with Gasteiger partial charge in [0.25, 0.3) is 0 Å². The minimum atomic E-state index is -3.11. The molecular formula is C10H12N2O2S. The molecule has 0 atom stereocenters. The van der Waals surface area contributed by atoms with E-state index < -0.39 is 15.1 Å². The van der Waals surface area contributed by atoms with Gasteiger partial charge in [0.2, 0.25) is 0 Å².